The highest BCUT2D eigenvalue weighted by atomic mass is 79.9. The van der Waals surface area contributed by atoms with Gasteiger partial charge in [-0.15, -0.1) is 12.4 Å². The number of halogens is 6. The van der Waals surface area contributed by atoms with Crippen LogP contribution in [0, 0.1) is 12.7 Å². The summed E-state index contributed by atoms with van der Waals surface area (Å²) >= 11 is 3.06. The molecule has 2 aromatic carbocycles. The van der Waals surface area contributed by atoms with Crippen LogP contribution in [0.5, 0.6) is 0 Å². The largest absolute Gasteiger partial charge is 0.416 e. The van der Waals surface area contributed by atoms with Crippen LogP contribution in [0.25, 0.3) is 0 Å². The molecular formula is C21H22BrClF4N2O. The first-order valence-corrected chi connectivity index (χ1v) is 9.99. The van der Waals surface area contributed by atoms with E-state index in [0.717, 1.165) is 17.7 Å². The molecule has 1 fully saturated rings. The molecule has 2 aromatic rings. The lowest BCUT2D eigenvalue weighted by molar-refractivity contribution is -0.137. The zero-order chi connectivity index (χ0) is 21.3. The number of aryl methyl sites for hydroxylation is 1. The molecule has 1 aliphatic heterocycles. The predicted octanol–water partition coefficient (Wildman–Crippen LogP) is 5.55. The summed E-state index contributed by atoms with van der Waals surface area (Å²) in [4.78, 5) is 14.5. The standard InChI is InChI=1S/C21H21BrF4N2O.ClH/c1-12-3-4-13(9-18(12)23)17-11-27-6-5-19(17)28(2)20(29)14-7-15(21(24,25)26)10-16(22)8-14;/h3-4,7-10,17,19,27H,5-6,11H2,1-2H3;1H. The van der Waals surface area contributed by atoms with E-state index in [1.54, 1.807) is 20.0 Å². The van der Waals surface area contributed by atoms with Crippen LogP contribution < -0.4 is 5.32 Å². The van der Waals surface area contributed by atoms with Crippen molar-refractivity contribution in [2.45, 2.75) is 31.5 Å². The summed E-state index contributed by atoms with van der Waals surface area (Å²) < 4.78 is 53.7. The van der Waals surface area contributed by atoms with Crippen LogP contribution in [0.2, 0.25) is 0 Å². The lowest BCUT2D eigenvalue weighted by atomic mass is 9.85. The van der Waals surface area contributed by atoms with E-state index in [0.29, 0.717) is 25.1 Å². The lowest BCUT2D eigenvalue weighted by Gasteiger charge is -2.39. The van der Waals surface area contributed by atoms with Crippen LogP contribution in [-0.2, 0) is 6.18 Å². The summed E-state index contributed by atoms with van der Waals surface area (Å²) in [6.07, 6.45) is -3.93. The average Bonchev–Trinajstić information content (AvgIpc) is 2.68. The Labute approximate surface area is 187 Å². The molecule has 1 saturated heterocycles. The summed E-state index contributed by atoms with van der Waals surface area (Å²) in [5.74, 6) is -0.981. The Balaban J connectivity index is 0.00000320. The minimum atomic E-state index is -4.55. The van der Waals surface area contributed by atoms with Gasteiger partial charge in [0, 0.05) is 35.6 Å². The first-order valence-electron chi connectivity index (χ1n) is 9.19. The maximum Gasteiger partial charge on any atom is 0.416 e. The fourth-order valence-electron chi connectivity index (χ4n) is 3.72. The van der Waals surface area contributed by atoms with Gasteiger partial charge in [0.05, 0.1) is 5.56 Å². The third-order valence-electron chi connectivity index (χ3n) is 5.36. The average molecular weight is 510 g/mol. The highest BCUT2D eigenvalue weighted by Crippen LogP contribution is 2.33. The lowest BCUT2D eigenvalue weighted by Crippen LogP contribution is -2.49. The van der Waals surface area contributed by atoms with E-state index in [1.807, 2.05) is 6.07 Å². The Bertz CT molecular complexity index is 922. The molecule has 0 spiro atoms. The summed E-state index contributed by atoms with van der Waals surface area (Å²) in [6, 6.07) is 7.93. The molecule has 1 amide bonds. The van der Waals surface area contributed by atoms with Crippen molar-refractivity contribution < 1.29 is 22.4 Å². The molecule has 0 aromatic heterocycles. The molecule has 30 heavy (non-hydrogen) atoms. The van der Waals surface area contributed by atoms with Crippen molar-refractivity contribution in [2.75, 3.05) is 20.1 Å². The SMILES string of the molecule is Cc1ccc(C2CNCCC2N(C)C(=O)c2cc(Br)cc(C(F)(F)F)c2)cc1F.Cl. The molecule has 0 saturated carbocycles. The van der Waals surface area contributed by atoms with E-state index in [9.17, 15) is 22.4 Å². The summed E-state index contributed by atoms with van der Waals surface area (Å²) in [5.41, 5.74) is 0.371. The summed E-state index contributed by atoms with van der Waals surface area (Å²) in [6.45, 7) is 2.90. The fourth-order valence-corrected chi connectivity index (χ4v) is 4.21. The Hall–Kier alpha value is -1.64. The summed E-state index contributed by atoms with van der Waals surface area (Å²) in [7, 11) is 1.59. The van der Waals surface area contributed by atoms with Crippen LogP contribution in [0.4, 0.5) is 17.6 Å². The van der Waals surface area contributed by atoms with Gasteiger partial charge >= 0.3 is 6.18 Å². The fraction of sp³-hybridized carbons (Fsp3) is 0.381. The van der Waals surface area contributed by atoms with Crippen molar-refractivity contribution in [3.8, 4) is 0 Å². The Kier molecular flexibility index (Phi) is 7.93. The number of amides is 1. The topological polar surface area (TPSA) is 32.3 Å². The maximum absolute atomic E-state index is 14.1. The molecular weight excluding hydrogens is 488 g/mol. The van der Waals surface area contributed by atoms with Gasteiger partial charge in [0.1, 0.15) is 5.82 Å². The number of nitrogens with one attached hydrogen (secondary N) is 1. The monoisotopic (exact) mass is 508 g/mol. The van der Waals surface area contributed by atoms with Gasteiger partial charge in [0.15, 0.2) is 0 Å². The van der Waals surface area contributed by atoms with Crippen molar-refractivity contribution in [1.82, 2.24) is 10.2 Å². The number of likely N-dealkylation sites (N-methyl/N-ethyl adjacent to an activating group) is 1. The van der Waals surface area contributed by atoms with E-state index >= 15 is 0 Å². The minimum Gasteiger partial charge on any atom is -0.338 e. The molecule has 1 N–H and O–H groups in total. The van der Waals surface area contributed by atoms with Crippen molar-refractivity contribution in [3.05, 3.63) is 68.9 Å². The van der Waals surface area contributed by atoms with Crippen LogP contribution in [0.1, 0.15) is 39.4 Å². The molecule has 1 aliphatic rings. The van der Waals surface area contributed by atoms with Crippen LogP contribution in [-0.4, -0.2) is 37.0 Å². The van der Waals surface area contributed by atoms with Gasteiger partial charge in [-0.3, -0.25) is 4.79 Å². The number of benzene rings is 2. The van der Waals surface area contributed by atoms with E-state index in [2.05, 4.69) is 21.2 Å². The highest BCUT2D eigenvalue weighted by molar-refractivity contribution is 9.10. The van der Waals surface area contributed by atoms with Crippen molar-refractivity contribution in [2.24, 2.45) is 0 Å². The number of piperidine rings is 1. The second kappa shape index (κ2) is 9.66. The molecule has 0 radical (unpaired) electrons. The van der Waals surface area contributed by atoms with Gasteiger partial charge in [0.25, 0.3) is 5.91 Å². The highest BCUT2D eigenvalue weighted by Gasteiger charge is 2.35. The van der Waals surface area contributed by atoms with E-state index in [4.69, 9.17) is 0 Å². The number of hydrogen-bond donors (Lipinski definition) is 1. The molecule has 9 heteroatoms. The summed E-state index contributed by atoms with van der Waals surface area (Å²) in [5, 5.41) is 3.25. The van der Waals surface area contributed by atoms with Crippen LogP contribution in [0.15, 0.2) is 40.9 Å². The quantitative estimate of drug-likeness (QED) is 0.550. The van der Waals surface area contributed by atoms with Gasteiger partial charge in [-0.1, -0.05) is 28.1 Å². The number of alkyl halides is 3. The molecule has 1 heterocycles. The number of nitrogens with zero attached hydrogens (tertiary/aromatic N) is 1. The van der Waals surface area contributed by atoms with Crippen LogP contribution in [0.3, 0.4) is 0 Å². The molecule has 0 bridgehead atoms. The maximum atomic E-state index is 14.1. The molecule has 3 rings (SSSR count). The van der Waals surface area contributed by atoms with Gasteiger partial charge < -0.3 is 10.2 Å². The zero-order valence-electron chi connectivity index (χ0n) is 16.4. The van der Waals surface area contributed by atoms with Gasteiger partial charge in [-0.05, 0) is 55.3 Å². The molecule has 3 nitrogen and oxygen atoms in total. The molecule has 0 aliphatic carbocycles. The number of carbonyl (C=O) groups excluding carboxylic acids is 1. The smallest absolute Gasteiger partial charge is 0.338 e. The number of carbonyl (C=O) groups is 1. The van der Waals surface area contributed by atoms with Crippen LogP contribution >= 0.6 is 28.3 Å². The third kappa shape index (κ3) is 5.34. The van der Waals surface area contributed by atoms with E-state index in [-0.39, 0.29) is 40.2 Å². The number of rotatable bonds is 3. The van der Waals surface area contributed by atoms with Crippen molar-refractivity contribution in [3.63, 3.8) is 0 Å². The Morgan fingerprint density at radius 2 is 1.90 bits per heavy atom. The number of hydrogen-bond acceptors (Lipinski definition) is 2. The molecule has 2 unspecified atom stereocenters. The Morgan fingerprint density at radius 1 is 1.20 bits per heavy atom. The zero-order valence-corrected chi connectivity index (χ0v) is 18.8. The molecule has 164 valence electrons. The van der Waals surface area contributed by atoms with Gasteiger partial charge in [0.2, 0.25) is 0 Å². The third-order valence-corrected chi connectivity index (χ3v) is 5.82. The second-order valence-corrected chi connectivity index (χ2v) is 8.23. The molecule has 2 atom stereocenters. The first-order chi connectivity index (χ1) is 13.6. The Morgan fingerprint density at radius 3 is 2.53 bits per heavy atom. The van der Waals surface area contributed by atoms with Crippen molar-refractivity contribution in [1.29, 1.82) is 0 Å². The van der Waals surface area contributed by atoms with E-state index < -0.39 is 17.6 Å². The van der Waals surface area contributed by atoms with Crippen molar-refractivity contribution >= 4 is 34.2 Å². The second-order valence-electron chi connectivity index (χ2n) is 7.32. The van der Waals surface area contributed by atoms with Gasteiger partial charge in [-0.25, -0.2) is 4.39 Å². The first kappa shape index (κ1) is 24.6. The minimum absolute atomic E-state index is 0. The normalized spacial score (nSPS) is 19.2. The van der Waals surface area contributed by atoms with Gasteiger partial charge in [-0.2, -0.15) is 13.2 Å². The van der Waals surface area contributed by atoms with E-state index in [1.165, 1.54) is 17.0 Å². The predicted molar refractivity (Wildman–Crippen MR) is 114 cm³/mol.